The third kappa shape index (κ3) is 2.46. The van der Waals surface area contributed by atoms with Crippen molar-refractivity contribution >= 4 is 11.5 Å². The Balaban J connectivity index is 1.61. The Bertz CT molecular complexity index is 521. The van der Waals surface area contributed by atoms with Gasteiger partial charge in [-0.1, -0.05) is 0 Å². The number of piperidine rings is 1. The third-order valence-electron chi connectivity index (χ3n) is 3.55. The summed E-state index contributed by atoms with van der Waals surface area (Å²) < 4.78 is 1.78. The van der Waals surface area contributed by atoms with Gasteiger partial charge in [0.15, 0.2) is 5.65 Å². The normalized spacial score (nSPS) is 21.3. The van der Waals surface area contributed by atoms with Gasteiger partial charge in [0, 0.05) is 25.4 Å². The number of rotatable bonds is 3. The average molecular weight is 245 g/mol. The molecule has 5 heteroatoms. The Morgan fingerprint density at radius 1 is 1.44 bits per heavy atom. The van der Waals surface area contributed by atoms with Crippen LogP contribution in [0.3, 0.4) is 0 Å². The standard InChI is InChI=1S/C13H19N5/c1-17-7-2-3-11(10-17)9-14-12-5-8-18-13(16-12)4-6-15-18/h4-6,8,11H,2-3,7,9-10H2,1H3,(H,14,16). The highest BCUT2D eigenvalue weighted by molar-refractivity contribution is 5.45. The van der Waals surface area contributed by atoms with Crippen LogP contribution in [0, 0.1) is 5.92 Å². The van der Waals surface area contributed by atoms with Crippen molar-refractivity contribution in [2.24, 2.45) is 5.92 Å². The molecule has 1 aliphatic heterocycles. The van der Waals surface area contributed by atoms with Gasteiger partial charge in [0.2, 0.25) is 0 Å². The summed E-state index contributed by atoms with van der Waals surface area (Å²) in [6, 6.07) is 3.89. The van der Waals surface area contributed by atoms with Gasteiger partial charge >= 0.3 is 0 Å². The second-order valence-corrected chi connectivity index (χ2v) is 5.10. The van der Waals surface area contributed by atoms with E-state index in [-0.39, 0.29) is 0 Å². The van der Waals surface area contributed by atoms with Gasteiger partial charge in [0.1, 0.15) is 5.82 Å². The minimum absolute atomic E-state index is 0.728. The van der Waals surface area contributed by atoms with Crippen molar-refractivity contribution in [2.75, 3.05) is 32.0 Å². The number of hydrogen-bond donors (Lipinski definition) is 1. The molecule has 3 heterocycles. The maximum atomic E-state index is 4.51. The molecule has 96 valence electrons. The smallest absolute Gasteiger partial charge is 0.157 e. The van der Waals surface area contributed by atoms with Crippen LogP contribution in [0.25, 0.3) is 5.65 Å². The van der Waals surface area contributed by atoms with Crippen molar-refractivity contribution in [3.05, 3.63) is 24.5 Å². The van der Waals surface area contributed by atoms with Crippen LogP contribution in [0.2, 0.25) is 0 Å². The van der Waals surface area contributed by atoms with Crippen LogP contribution in [0.1, 0.15) is 12.8 Å². The first-order valence-electron chi connectivity index (χ1n) is 6.54. The summed E-state index contributed by atoms with van der Waals surface area (Å²) in [4.78, 5) is 6.92. The zero-order valence-corrected chi connectivity index (χ0v) is 10.7. The number of nitrogens with zero attached hydrogens (tertiary/aromatic N) is 4. The van der Waals surface area contributed by atoms with Crippen LogP contribution < -0.4 is 5.32 Å². The van der Waals surface area contributed by atoms with E-state index in [0.29, 0.717) is 0 Å². The lowest BCUT2D eigenvalue weighted by atomic mass is 9.98. The van der Waals surface area contributed by atoms with Gasteiger partial charge in [-0.25, -0.2) is 9.50 Å². The fourth-order valence-corrected chi connectivity index (χ4v) is 2.60. The molecule has 1 aliphatic rings. The molecule has 1 atom stereocenters. The van der Waals surface area contributed by atoms with Crippen molar-refractivity contribution in [2.45, 2.75) is 12.8 Å². The largest absolute Gasteiger partial charge is 0.370 e. The lowest BCUT2D eigenvalue weighted by Crippen LogP contribution is -2.35. The number of aromatic nitrogens is 3. The van der Waals surface area contributed by atoms with E-state index in [0.717, 1.165) is 23.9 Å². The number of anilines is 1. The Morgan fingerprint density at radius 3 is 3.28 bits per heavy atom. The van der Waals surface area contributed by atoms with Crippen LogP contribution >= 0.6 is 0 Å². The quantitative estimate of drug-likeness (QED) is 0.889. The number of nitrogens with one attached hydrogen (secondary N) is 1. The van der Waals surface area contributed by atoms with Gasteiger partial charge in [-0.15, -0.1) is 0 Å². The SMILES string of the molecule is CN1CCCC(CNc2ccn3nccc3n2)C1. The molecule has 0 aromatic carbocycles. The van der Waals surface area contributed by atoms with Gasteiger partial charge in [-0.2, -0.15) is 5.10 Å². The maximum absolute atomic E-state index is 4.51. The first-order chi connectivity index (χ1) is 8.81. The molecular weight excluding hydrogens is 226 g/mol. The van der Waals surface area contributed by atoms with Crippen molar-refractivity contribution in [3.8, 4) is 0 Å². The van der Waals surface area contributed by atoms with Gasteiger partial charge in [-0.3, -0.25) is 0 Å². The fraction of sp³-hybridized carbons (Fsp3) is 0.538. The monoisotopic (exact) mass is 245 g/mol. The van der Waals surface area contributed by atoms with Crippen molar-refractivity contribution < 1.29 is 0 Å². The molecule has 2 aromatic rings. The van der Waals surface area contributed by atoms with E-state index < -0.39 is 0 Å². The van der Waals surface area contributed by atoms with Crippen LogP contribution in [0.5, 0.6) is 0 Å². The highest BCUT2D eigenvalue weighted by Gasteiger charge is 2.16. The lowest BCUT2D eigenvalue weighted by molar-refractivity contribution is 0.217. The molecule has 18 heavy (non-hydrogen) atoms. The first-order valence-corrected chi connectivity index (χ1v) is 6.54. The number of fused-ring (bicyclic) bond motifs is 1. The minimum Gasteiger partial charge on any atom is -0.370 e. The highest BCUT2D eigenvalue weighted by atomic mass is 15.2. The summed E-state index contributed by atoms with van der Waals surface area (Å²) in [7, 11) is 2.20. The molecule has 5 nitrogen and oxygen atoms in total. The summed E-state index contributed by atoms with van der Waals surface area (Å²) in [5.41, 5.74) is 0.890. The average Bonchev–Trinajstić information content (AvgIpc) is 2.84. The Kier molecular flexibility index (Phi) is 3.15. The molecule has 1 fully saturated rings. The summed E-state index contributed by atoms with van der Waals surface area (Å²) in [5, 5.41) is 7.58. The molecule has 0 radical (unpaired) electrons. The van der Waals surface area contributed by atoms with Gasteiger partial charge in [-0.05, 0) is 38.4 Å². The Hall–Kier alpha value is -1.62. The van der Waals surface area contributed by atoms with Crippen LogP contribution in [0.15, 0.2) is 24.5 Å². The zero-order chi connectivity index (χ0) is 12.4. The summed E-state index contributed by atoms with van der Waals surface area (Å²) in [6.07, 6.45) is 6.32. The number of likely N-dealkylation sites (tertiary alicyclic amines) is 1. The Morgan fingerprint density at radius 2 is 2.39 bits per heavy atom. The van der Waals surface area contributed by atoms with Gasteiger partial charge in [0.05, 0.1) is 6.20 Å². The molecular formula is C13H19N5. The second-order valence-electron chi connectivity index (χ2n) is 5.10. The minimum atomic E-state index is 0.728. The van der Waals surface area contributed by atoms with Crippen LogP contribution in [-0.4, -0.2) is 46.2 Å². The van der Waals surface area contributed by atoms with E-state index in [4.69, 9.17) is 0 Å². The second kappa shape index (κ2) is 4.94. The van der Waals surface area contributed by atoms with Gasteiger partial charge in [0.25, 0.3) is 0 Å². The molecule has 1 unspecified atom stereocenters. The van der Waals surface area contributed by atoms with Gasteiger partial charge < -0.3 is 10.2 Å². The predicted octanol–water partition coefficient (Wildman–Crippen LogP) is 1.48. The fourth-order valence-electron chi connectivity index (χ4n) is 2.60. The zero-order valence-electron chi connectivity index (χ0n) is 10.7. The molecule has 3 rings (SSSR count). The summed E-state index contributed by atoms with van der Waals surface area (Å²) in [5.74, 6) is 1.67. The van der Waals surface area contributed by atoms with Crippen LogP contribution in [0.4, 0.5) is 5.82 Å². The summed E-state index contributed by atoms with van der Waals surface area (Å²) in [6.45, 7) is 3.42. The molecule has 0 amide bonds. The summed E-state index contributed by atoms with van der Waals surface area (Å²) >= 11 is 0. The van der Waals surface area contributed by atoms with E-state index in [2.05, 4.69) is 27.3 Å². The molecule has 0 spiro atoms. The molecule has 1 saturated heterocycles. The van der Waals surface area contributed by atoms with Crippen molar-refractivity contribution in [1.82, 2.24) is 19.5 Å². The maximum Gasteiger partial charge on any atom is 0.157 e. The first kappa shape index (κ1) is 11.5. The lowest BCUT2D eigenvalue weighted by Gasteiger charge is -2.29. The molecule has 0 aliphatic carbocycles. The topological polar surface area (TPSA) is 45.5 Å². The van der Waals surface area contributed by atoms with Crippen LogP contribution in [-0.2, 0) is 0 Å². The van der Waals surface area contributed by atoms with Crippen molar-refractivity contribution in [1.29, 1.82) is 0 Å². The number of hydrogen-bond acceptors (Lipinski definition) is 4. The van der Waals surface area contributed by atoms with Crippen molar-refractivity contribution in [3.63, 3.8) is 0 Å². The van der Waals surface area contributed by atoms with E-state index in [1.165, 1.54) is 25.9 Å². The molecule has 0 bridgehead atoms. The van der Waals surface area contributed by atoms with E-state index in [1.807, 2.05) is 18.3 Å². The molecule has 2 aromatic heterocycles. The molecule has 1 N–H and O–H groups in total. The third-order valence-corrected chi connectivity index (χ3v) is 3.55. The van der Waals surface area contributed by atoms with E-state index >= 15 is 0 Å². The molecule has 0 saturated carbocycles. The van der Waals surface area contributed by atoms with E-state index in [1.54, 1.807) is 10.7 Å². The predicted molar refractivity (Wildman–Crippen MR) is 71.7 cm³/mol. The van der Waals surface area contributed by atoms with E-state index in [9.17, 15) is 0 Å². The Labute approximate surface area is 107 Å². The highest BCUT2D eigenvalue weighted by Crippen LogP contribution is 2.15.